The SMILES string of the molecule is Cc1cc(N)c(Cl)cc1N1CCCC(C(C)C)CC1. The zero-order valence-corrected chi connectivity index (χ0v) is 13.0. The lowest BCUT2D eigenvalue weighted by molar-refractivity contribution is 0.351. The lowest BCUT2D eigenvalue weighted by Crippen LogP contribution is -2.25. The fourth-order valence-electron chi connectivity index (χ4n) is 3.06. The molecule has 0 bridgehead atoms. The Bertz CT molecular complexity index is 443. The predicted octanol–water partition coefficient (Wildman–Crippen LogP) is 4.49. The lowest BCUT2D eigenvalue weighted by Gasteiger charge is -2.26. The van der Waals surface area contributed by atoms with Gasteiger partial charge in [0.25, 0.3) is 0 Å². The minimum absolute atomic E-state index is 0.672. The van der Waals surface area contributed by atoms with E-state index in [9.17, 15) is 0 Å². The molecule has 1 aromatic rings. The molecular formula is C16H25ClN2. The Balaban J connectivity index is 2.16. The molecule has 0 radical (unpaired) electrons. The molecule has 0 amide bonds. The van der Waals surface area contributed by atoms with Crippen LogP contribution in [0.15, 0.2) is 12.1 Å². The van der Waals surface area contributed by atoms with Gasteiger partial charge in [-0.15, -0.1) is 0 Å². The highest BCUT2D eigenvalue weighted by Crippen LogP contribution is 2.32. The van der Waals surface area contributed by atoms with Crippen molar-refractivity contribution < 1.29 is 0 Å². The van der Waals surface area contributed by atoms with Crippen LogP contribution in [-0.4, -0.2) is 13.1 Å². The molecule has 0 aromatic heterocycles. The average Bonchev–Trinajstić information content (AvgIpc) is 2.59. The van der Waals surface area contributed by atoms with Crippen LogP contribution in [0.25, 0.3) is 0 Å². The number of halogens is 1. The number of hydrogen-bond donors (Lipinski definition) is 1. The Morgan fingerprint density at radius 2 is 2.00 bits per heavy atom. The largest absolute Gasteiger partial charge is 0.398 e. The van der Waals surface area contributed by atoms with Gasteiger partial charge in [0, 0.05) is 18.8 Å². The Labute approximate surface area is 121 Å². The molecule has 3 heteroatoms. The molecule has 1 fully saturated rings. The van der Waals surface area contributed by atoms with E-state index in [1.165, 1.54) is 30.5 Å². The Morgan fingerprint density at radius 1 is 1.26 bits per heavy atom. The number of nitrogen functional groups attached to an aromatic ring is 1. The fourth-order valence-corrected chi connectivity index (χ4v) is 3.22. The first-order valence-electron chi connectivity index (χ1n) is 7.29. The molecule has 106 valence electrons. The smallest absolute Gasteiger partial charge is 0.0656 e. The van der Waals surface area contributed by atoms with Crippen LogP contribution in [0.1, 0.15) is 38.7 Å². The molecule has 2 N–H and O–H groups in total. The zero-order chi connectivity index (χ0) is 14.0. The van der Waals surface area contributed by atoms with Crippen molar-refractivity contribution in [1.82, 2.24) is 0 Å². The molecule has 0 aliphatic carbocycles. The van der Waals surface area contributed by atoms with Crippen molar-refractivity contribution in [2.45, 2.75) is 40.0 Å². The van der Waals surface area contributed by atoms with Crippen LogP contribution in [-0.2, 0) is 0 Å². The molecule has 2 rings (SSSR count). The third kappa shape index (κ3) is 3.36. The molecule has 1 heterocycles. The van der Waals surface area contributed by atoms with Crippen LogP contribution in [0.4, 0.5) is 11.4 Å². The molecule has 1 atom stereocenters. The summed E-state index contributed by atoms with van der Waals surface area (Å²) in [4.78, 5) is 2.48. The summed E-state index contributed by atoms with van der Waals surface area (Å²) in [5.74, 6) is 1.64. The molecule has 0 spiro atoms. The number of aryl methyl sites for hydroxylation is 1. The third-order valence-electron chi connectivity index (χ3n) is 4.37. The number of hydrogen-bond acceptors (Lipinski definition) is 2. The second-order valence-corrected chi connectivity index (χ2v) is 6.49. The van der Waals surface area contributed by atoms with Gasteiger partial charge in [-0.1, -0.05) is 25.4 Å². The van der Waals surface area contributed by atoms with Crippen molar-refractivity contribution in [2.75, 3.05) is 23.7 Å². The molecule has 1 unspecified atom stereocenters. The second kappa shape index (κ2) is 6.04. The van der Waals surface area contributed by atoms with Gasteiger partial charge in [0.15, 0.2) is 0 Å². The summed E-state index contributed by atoms with van der Waals surface area (Å²) < 4.78 is 0. The zero-order valence-electron chi connectivity index (χ0n) is 12.2. The maximum Gasteiger partial charge on any atom is 0.0656 e. The fraction of sp³-hybridized carbons (Fsp3) is 0.625. The van der Waals surface area contributed by atoms with Gasteiger partial charge in [0.2, 0.25) is 0 Å². The number of anilines is 2. The van der Waals surface area contributed by atoms with E-state index in [1.54, 1.807) is 0 Å². The second-order valence-electron chi connectivity index (χ2n) is 6.08. The number of rotatable bonds is 2. The van der Waals surface area contributed by atoms with E-state index < -0.39 is 0 Å². The van der Waals surface area contributed by atoms with Gasteiger partial charge in [-0.05, 0) is 55.7 Å². The molecular weight excluding hydrogens is 256 g/mol. The topological polar surface area (TPSA) is 29.3 Å². The van der Waals surface area contributed by atoms with E-state index in [0.29, 0.717) is 10.7 Å². The summed E-state index contributed by atoms with van der Waals surface area (Å²) in [6.07, 6.45) is 3.89. The van der Waals surface area contributed by atoms with Crippen molar-refractivity contribution in [2.24, 2.45) is 11.8 Å². The third-order valence-corrected chi connectivity index (χ3v) is 4.70. The summed E-state index contributed by atoms with van der Waals surface area (Å²) in [6.45, 7) is 9.05. The molecule has 1 aromatic carbocycles. The predicted molar refractivity (Wildman–Crippen MR) is 85.0 cm³/mol. The first-order chi connectivity index (χ1) is 8.99. The van der Waals surface area contributed by atoms with Gasteiger partial charge in [-0.2, -0.15) is 0 Å². The summed E-state index contributed by atoms with van der Waals surface area (Å²) in [7, 11) is 0. The summed E-state index contributed by atoms with van der Waals surface area (Å²) in [6, 6.07) is 4.02. The highest BCUT2D eigenvalue weighted by Gasteiger charge is 2.20. The first-order valence-corrected chi connectivity index (χ1v) is 7.67. The maximum atomic E-state index is 6.17. The van der Waals surface area contributed by atoms with E-state index >= 15 is 0 Å². The highest BCUT2D eigenvalue weighted by atomic mass is 35.5. The monoisotopic (exact) mass is 280 g/mol. The highest BCUT2D eigenvalue weighted by molar-refractivity contribution is 6.33. The van der Waals surface area contributed by atoms with Gasteiger partial charge in [0.1, 0.15) is 0 Å². The minimum Gasteiger partial charge on any atom is -0.398 e. The van der Waals surface area contributed by atoms with Crippen LogP contribution < -0.4 is 10.6 Å². The van der Waals surface area contributed by atoms with E-state index in [0.717, 1.165) is 24.9 Å². The number of nitrogens with zero attached hydrogens (tertiary/aromatic N) is 1. The summed E-state index contributed by atoms with van der Waals surface area (Å²) in [5, 5.41) is 0.672. The van der Waals surface area contributed by atoms with Crippen LogP contribution in [0, 0.1) is 18.8 Å². The molecule has 2 nitrogen and oxygen atoms in total. The molecule has 1 aliphatic heterocycles. The lowest BCUT2D eigenvalue weighted by atomic mass is 9.89. The van der Waals surface area contributed by atoms with Crippen LogP contribution in [0.5, 0.6) is 0 Å². The number of benzene rings is 1. The molecule has 19 heavy (non-hydrogen) atoms. The molecule has 0 saturated carbocycles. The Morgan fingerprint density at radius 3 is 2.68 bits per heavy atom. The van der Waals surface area contributed by atoms with Crippen molar-refractivity contribution in [3.8, 4) is 0 Å². The van der Waals surface area contributed by atoms with Crippen LogP contribution in [0.3, 0.4) is 0 Å². The van der Waals surface area contributed by atoms with Gasteiger partial charge in [0.05, 0.1) is 10.7 Å². The number of nitrogens with two attached hydrogens (primary N) is 1. The first kappa shape index (κ1) is 14.5. The van der Waals surface area contributed by atoms with E-state index in [4.69, 9.17) is 17.3 Å². The minimum atomic E-state index is 0.672. The Kier molecular flexibility index (Phi) is 4.62. The average molecular weight is 281 g/mol. The van der Waals surface area contributed by atoms with Crippen molar-refractivity contribution in [3.63, 3.8) is 0 Å². The standard InChI is InChI=1S/C16H25ClN2/c1-11(2)13-5-4-7-19(8-6-13)16-10-14(17)15(18)9-12(16)3/h9-11,13H,4-8,18H2,1-3H3. The molecule has 1 saturated heterocycles. The van der Waals surface area contributed by atoms with Crippen LogP contribution >= 0.6 is 11.6 Å². The molecule has 1 aliphatic rings. The quantitative estimate of drug-likeness (QED) is 0.809. The van der Waals surface area contributed by atoms with Gasteiger partial charge < -0.3 is 10.6 Å². The van der Waals surface area contributed by atoms with Crippen LogP contribution in [0.2, 0.25) is 5.02 Å². The van der Waals surface area contributed by atoms with Crippen molar-refractivity contribution in [3.05, 3.63) is 22.7 Å². The van der Waals surface area contributed by atoms with Gasteiger partial charge >= 0.3 is 0 Å². The van der Waals surface area contributed by atoms with Crippen molar-refractivity contribution >= 4 is 23.0 Å². The normalized spacial score (nSPS) is 20.7. The van der Waals surface area contributed by atoms with Crippen molar-refractivity contribution in [1.29, 1.82) is 0 Å². The maximum absolute atomic E-state index is 6.17. The van der Waals surface area contributed by atoms with E-state index in [-0.39, 0.29) is 0 Å². The van der Waals surface area contributed by atoms with E-state index in [2.05, 4.69) is 25.7 Å². The summed E-state index contributed by atoms with van der Waals surface area (Å²) >= 11 is 6.17. The van der Waals surface area contributed by atoms with Gasteiger partial charge in [-0.25, -0.2) is 0 Å². The van der Waals surface area contributed by atoms with E-state index in [1.807, 2.05) is 12.1 Å². The van der Waals surface area contributed by atoms with Gasteiger partial charge in [-0.3, -0.25) is 0 Å². The summed E-state index contributed by atoms with van der Waals surface area (Å²) in [5.41, 5.74) is 9.02. The Hall–Kier alpha value is -0.890.